The fraction of sp³-hybridized carbons (Fsp3) is 0.111. The Morgan fingerprint density at radius 2 is 1.80 bits per heavy atom. The topological polar surface area (TPSA) is 50.4 Å². The summed E-state index contributed by atoms with van der Waals surface area (Å²) in [6, 6.07) is 13.9. The van der Waals surface area contributed by atoms with Gasteiger partial charge in [-0.05, 0) is 41.5 Å². The maximum atomic E-state index is 12.5. The minimum atomic E-state index is -0.527. The molecule has 3 rings (SSSR count). The number of thiocarbonyl (C=S) groups is 1. The second-order valence-corrected chi connectivity index (χ2v) is 6.59. The predicted molar refractivity (Wildman–Crippen MR) is 103 cm³/mol. The van der Waals surface area contributed by atoms with E-state index in [1.54, 1.807) is 18.2 Å². The molecule has 1 heterocycles. The lowest BCUT2D eigenvalue weighted by Crippen LogP contribution is -2.45. The average Bonchev–Trinajstić information content (AvgIpc) is 2.61. The Labute approximate surface area is 160 Å². The lowest BCUT2D eigenvalue weighted by atomic mass is 9.93. The van der Waals surface area contributed by atoms with Gasteiger partial charge in [0.1, 0.15) is 0 Å². The van der Waals surface area contributed by atoms with Gasteiger partial charge in [0.2, 0.25) is 0 Å². The summed E-state index contributed by atoms with van der Waals surface area (Å²) >= 11 is 17.6. The first-order chi connectivity index (χ1) is 12.0. The Balaban J connectivity index is 2.21. The van der Waals surface area contributed by atoms with Crippen LogP contribution in [0.4, 0.5) is 0 Å². The molecule has 0 fully saturated rings. The molecule has 0 spiro atoms. The smallest absolute Gasteiger partial charge is 0.338 e. The summed E-state index contributed by atoms with van der Waals surface area (Å²) in [5.74, 6) is -0.475. The van der Waals surface area contributed by atoms with Crippen molar-refractivity contribution >= 4 is 52.2 Å². The maximum Gasteiger partial charge on any atom is 0.338 e. The first kappa shape index (κ1) is 17.7. The van der Waals surface area contributed by atoms with Crippen molar-refractivity contribution in [3.63, 3.8) is 0 Å². The molecule has 1 aliphatic rings. The quantitative estimate of drug-likeness (QED) is 0.608. The van der Waals surface area contributed by atoms with Crippen LogP contribution in [-0.4, -0.2) is 18.2 Å². The number of hydrogen-bond donors (Lipinski definition) is 2. The molecule has 25 heavy (non-hydrogen) atoms. The second-order valence-electron chi connectivity index (χ2n) is 5.34. The number of ether oxygens (including phenoxy) is 1. The SMILES string of the molecule is COC(=O)C1=C(c2ccc(Cl)cc2)NC(=S)N[C@H]1c1ccccc1Cl. The van der Waals surface area contributed by atoms with E-state index in [-0.39, 0.29) is 0 Å². The Morgan fingerprint density at radius 3 is 2.44 bits per heavy atom. The minimum Gasteiger partial charge on any atom is -0.466 e. The summed E-state index contributed by atoms with van der Waals surface area (Å²) in [5.41, 5.74) is 2.47. The number of benzene rings is 2. The van der Waals surface area contributed by atoms with Crippen molar-refractivity contribution < 1.29 is 9.53 Å². The zero-order chi connectivity index (χ0) is 18.0. The number of hydrogen-bond acceptors (Lipinski definition) is 3. The molecule has 0 unspecified atom stereocenters. The lowest BCUT2D eigenvalue weighted by molar-refractivity contribution is -0.136. The largest absolute Gasteiger partial charge is 0.466 e. The average molecular weight is 393 g/mol. The van der Waals surface area contributed by atoms with Gasteiger partial charge < -0.3 is 15.4 Å². The van der Waals surface area contributed by atoms with Gasteiger partial charge in [-0.3, -0.25) is 0 Å². The maximum absolute atomic E-state index is 12.5. The van der Waals surface area contributed by atoms with E-state index < -0.39 is 12.0 Å². The molecule has 4 nitrogen and oxygen atoms in total. The van der Waals surface area contributed by atoms with Gasteiger partial charge >= 0.3 is 5.97 Å². The molecule has 0 aromatic heterocycles. The van der Waals surface area contributed by atoms with Crippen molar-refractivity contribution in [3.05, 3.63) is 75.3 Å². The number of rotatable bonds is 3. The van der Waals surface area contributed by atoms with Crippen LogP contribution in [0.15, 0.2) is 54.1 Å². The van der Waals surface area contributed by atoms with Gasteiger partial charge in [0.15, 0.2) is 5.11 Å². The van der Waals surface area contributed by atoms with Gasteiger partial charge in [-0.2, -0.15) is 0 Å². The summed E-state index contributed by atoms with van der Waals surface area (Å²) < 4.78 is 5.00. The highest BCUT2D eigenvalue weighted by Crippen LogP contribution is 2.35. The molecule has 128 valence electrons. The Morgan fingerprint density at radius 1 is 1.12 bits per heavy atom. The van der Waals surface area contributed by atoms with Crippen molar-refractivity contribution in [3.8, 4) is 0 Å². The zero-order valence-electron chi connectivity index (χ0n) is 13.2. The fourth-order valence-corrected chi connectivity index (χ4v) is 3.27. The summed E-state index contributed by atoms with van der Waals surface area (Å²) in [5, 5.41) is 7.67. The first-order valence-electron chi connectivity index (χ1n) is 7.41. The van der Waals surface area contributed by atoms with E-state index in [0.717, 1.165) is 11.1 Å². The zero-order valence-corrected chi connectivity index (χ0v) is 15.5. The molecule has 0 aliphatic carbocycles. The molecule has 0 saturated heterocycles. The van der Waals surface area contributed by atoms with Crippen LogP contribution in [0.5, 0.6) is 0 Å². The number of carbonyl (C=O) groups excluding carboxylic acids is 1. The van der Waals surface area contributed by atoms with Crippen LogP contribution in [0.25, 0.3) is 5.70 Å². The molecule has 0 saturated carbocycles. The van der Waals surface area contributed by atoms with E-state index in [4.69, 9.17) is 40.2 Å². The lowest BCUT2D eigenvalue weighted by Gasteiger charge is -2.31. The van der Waals surface area contributed by atoms with E-state index in [2.05, 4.69) is 10.6 Å². The molecule has 0 radical (unpaired) electrons. The molecule has 2 aromatic carbocycles. The number of nitrogens with one attached hydrogen (secondary N) is 2. The highest BCUT2D eigenvalue weighted by Gasteiger charge is 2.33. The van der Waals surface area contributed by atoms with Crippen LogP contribution in [0.1, 0.15) is 17.2 Å². The first-order valence-corrected chi connectivity index (χ1v) is 8.58. The third-order valence-corrected chi connectivity index (χ3v) is 4.64. The Hall–Kier alpha value is -2.08. The number of carbonyl (C=O) groups is 1. The van der Waals surface area contributed by atoms with Crippen LogP contribution in [0.2, 0.25) is 10.0 Å². The summed E-state index contributed by atoms with van der Waals surface area (Å²) in [6.07, 6.45) is 0. The summed E-state index contributed by atoms with van der Waals surface area (Å²) in [4.78, 5) is 12.5. The van der Waals surface area contributed by atoms with E-state index in [9.17, 15) is 4.79 Å². The predicted octanol–water partition coefficient (Wildman–Crippen LogP) is 4.10. The van der Waals surface area contributed by atoms with Crippen molar-refractivity contribution in [1.29, 1.82) is 0 Å². The second kappa shape index (κ2) is 7.44. The third-order valence-electron chi connectivity index (χ3n) is 3.83. The highest BCUT2D eigenvalue weighted by atomic mass is 35.5. The standard InChI is InChI=1S/C18H14Cl2N2O2S/c1-24-17(23)14-15(10-6-8-11(19)9-7-10)21-18(25)22-16(14)12-4-2-3-5-13(12)20/h2-9,16H,1H3,(H2,21,22,25)/t16-/m0/s1. The molecular weight excluding hydrogens is 379 g/mol. The normalized spacial score (nSPS) is 16.9. The molecule has 0 amide bonds. The van der Waals surface area contributed by atoms with E-state index in [1.165, 1.54) is 7.11 Å². The Bertz CT molecular complexity index is 866. The van der Waals surface area contributed by atoms with Gasteiger partial charge in [0.05, 0.1) is 24.4 Å². The molecule has 2 aromatic rings. The van der Waals surface area contributed by atoms with Gasteiger partial charge in [-0.25, -0.2) is 4.79 Å². The molecule has 1 atom stereocenters. The van der Waals surface area contributed by atoms with Crippen LogP contribution in [0.3, 0.4) is 0 Å². The van der Waals surface area contributed by atoms with Crippen LogP contribution in [-0.2, 0) is 9.53 Å². The van der Waals surface area contributed by atoms with Crippen molar-refractivity contribution in [1.82, 2.24) is 10.6 Å². The molecule has 7 heteroatoms. The van der Waals surface area contributed by atoms with Gasteiger partial charge in [-0.15, -0.1) is 0 Å². The number of methoxy groups -OCH3 is 1. The molecule has 1 aliphatic heterocycles. The third kappa shape index (κ3) is 3.63. The molecule has 0 bridgehead atoms. The highest BCUT2D eigenvalue weighted by molar-refractivity contribution is 7.80. The number of esters is 1. The summed E-state index contributed by atoms with van der Waals surface area (Å²) in [7, 11) is 1.34. The number of halogens is 2. The van der Waals surface area contributed by atoms with Crippen LogP contribution >= 0.6 is 35.4 Å². The van der Waals surface area contributed by atoms with Crippen molar-refractivity contribution in [2.75, 3.05) is 7.11 Å². The summed E-state index contributed by atoms with van der Waals surface area (Å²) in [6.45, 7) is 0. The van der Waals surface area contributed by atoms with Crippen LogP contribution in [0, 0.1) is 0 Å². The van der Waals surface area contributed by atoms with Crippen molar-refractivity contribution in [2.24, 2.45) is 0 Å². The fourth-order valence-electron chi connectivity index (χ4n) is 2.68. The van der Waals surface area contributed by atoms with E-state index in [1.807, 2.05) is 30.3 Å². The van der Waals surface area contributed by atoms with E-state index >= 15 is 0 Å². The Kier molecular flexibility index (Phi) is 5.27. The monoisotopic (exact) mass is 392 g/mol. The van der Waals surface area contributed by atoms with Gasteiger partial charge in [0, 0.05) is 10.0 Å². The molecule has 2 N–H and O–H groups in total. The van der Waals surface area contributed by atoms with Crippen LogP contribution < -0.4 is 10.6 Å². The van der Waals surface area contributed by atoms with Crippen molar-refractivity contribution in [2.45, 2.75) is 6.04 Å². The van der Waals surface area contributed by atoms with E-state index in [0.29, 0.717) is 26.4 Å². The van der Waals surface area contributed by atoms with Gasteiger partial charge in [0.25, 0.3) is 0 Å². The minimum absolute atomic E-state index is 0.391. The van der Waals surface area contributed by atoms with Gasteiger partial charge in [-0.1, -0.05) is 53.5 Å². The molecular formula is C18H14Cl2N2O2S.